The molecule has 0 heterocycles. The van der Waals surface area contributed by atoms with Crippen molar-refractivity contribution in [1.29, 1.82) is 0 Å². The van der Waals surface area contributed by atoms with Gasteiger partial charge in [-0.3, -0.25) is 9.79 Å². The lowest BCUT2D eigenvalue weighted by atomic mass is 10.1. The first-order valence-corrected chi connectivity index (χ1v) is 10.3. The number of nitrogens with one attached hydrogen (secondary N) is 4. The molecule has 1 rings (SSSR count). The highest BCUT2D eigenvalue weighted by molar-refractivity contribution is 5.88. The number of ether oxygens (including phenoxy) is 1. The fourth-order valence-electron chi connectivity index (χ4n) is 2.52. The third-order valence-electron chi connectivity index (χ3n) is 3.80. The van der Waals surface area contributed by atoms with Gasteiger partial charge in [0.05, 0.1) is 12.1 Å². The molecule has 0 aliphatic heterocycles. The molecule has 0 aliphatic carbocycles. The minimum absolute atomic E-state index is 0.0833. The number of anilines is 1. The zero-order valence-corrected chi connectivity index (χ0v) is 19.3. The van der Waals surface area contributed by atoms with Crippen LogP contribution in [0.15, 0.2) is 29.3 Å². The predicted octanol–water partition coefficient (Wildman–Crippen LogP) is 3.05. The van der Waals surface area contributed by atoms with Crippen molar-refractivity contribution >= 4 is 23.6 Å². The summed E-state index contributed by atoms with van der Waals surface area (Å²) < 4.78 is 5.32. The monoisotopic (exact) mass is 419 g/mol. The smallest absolute Gasteiger partial charge is 0.408 e. The third kappa shape index (κ3) is 11.3. The van der Waals surface area contributed by atoms with Gasteiger partial charge in [0.25, 0.3) is 0 Å². The minimum atomic E-state index is -0.551. The van der Waals surface area contributed by atoms with E-state index in [0.717, 1.165) is 24.2 Å². The van der Waals surface area contributed by atoms with Crippen LogP contribution in [-0.2, 0) is 16.0 Å². The highest BCUT2D eigenvalue weighted by atomic mass is 16.6. The molecule has 0 saturated heterocycles. The minimum Gasteiger partial charge on any atom is -0.444 e. The van der Waals surface area contributed by atoms with Gasteiger partial charge in [0, 0.05) is 25.7 Å². The maximum absolute atomic E-state index is 12.0. The van der Waals surface area contributed by atoms with Crippen molar-refractivity contribution in [3.63, 3.8) is 0 Å². The summed E-state index contributed by atoms with van der Waals surface area (Å²) in [4.78, 5) is 27.7. The van der Waals surface area contributed by atoms with E-state index in [1.54, 1.807) is 0 Å². The van der Waals surface area contributed by atoms with Gasteiger partial charge in [0.15, 0.2) is 5.96 Å². The average Bonchev–Trinajstić information content (AvgIpc) is 2.58. The molecule has 30 heavy (non-hydrogen) atoms. The van der Waals surface area contributed by atoms with Crippen molar-refractivity contribution in [2.24, 2.45) is 4.99 Å². The summed E-state index contributed by atoms with van der Waals surface area (Å²) in [7, 11) is 0. The number of amides is 2. The Morgan fingerprint density at radius 2 is 1.67 bits per heavy atom. The first kappa shape index (κ1) is 25.3. The maximum Gasteiger partial charge on any atom is 0.408 e. The van der Waals surface area contributed by atoms with E-state index in [-0.39, 0.29) is 5.91 Å². The molecule has 8 heteroatoms. The van der Waals surface area contributed by atoms with Crippen molar-refractivity contribution in [3.8, 4) is 0 Å². The van der Waals surface area contributed by atoms with E-state index in [1.165, 1.54) is 6.92 Å². The number of nitrogens with zero attached hydrogens (tertiary/aromatic N) is 1. The van der Waals surface area contributed by atoms with Crippen LogP contribution in [0.2, 0.25) is 0 Å². The van der Waals surface area contributed by atoms with Crippen LogP contribution in [0, 0.1) is 0 Å². The predicted molar refractivity (Wildman–Crippen MR) is 122 cm³/mol. The van der Waals surface area contributed by atoms with E-state index >= 15 is 0 Å². The van der Waals surface area contributed by atoms with Crippen LogP contribution in [-0.4, -0.2) is 48.7 Å². The molecule has 2 amide bonds. The first-order chi connectivity index (χ1) is 13.9. The molecule has 4 N–H and O–H groups in total. The SMILES string of the molecule is CCNC(=NCC(C)(C)NC(=O)OC(C)(C)C)NCCc1ccc(NC(C)=O)cc1. The lowest BCUT2D eigenvalue weighted by molar-refractivity contribution is -0.114. The molecule has 0 fully saturated rings. The summed E-state index contributed by atoms with van der Waals surface area (Å²) in [6.45, 7) is 14.6. The van der Waals surface area contributed by atoms with Gasteiger partial charge in [-0.15, -0.1) is 0 Å². The van der Waals surface area contributed by atoms with E-state index in [0.29, 0.717) is 19.0 Å². The summed E-state index contributed by atoms with van der Waals surface area (Å²) in [6, 6.07) is 7.76. The van der Waals surface area contributed by atoms with Gasteiger partial charge in [-0.25, -0.2) is 4.79 Å². The number of hydrogen-bond acceptors (Lipinski definition) is 4. The van der Waals surface area contributed by atoms with Crippen molar-refractivity contribution < 1.29 is 14.3 Å². The van der Waals surface area contributed by atoms with Crippen LogP contribution < -0.4 is 21.3 Å². The average molecular weight is 420 g/mol. The fraction of sp³-hybridized carbons (Fsp3) is 0.591. The molecule has 168 valence electrons. The molecule has 0 saturated carbocycles. The first-order valence-electron chi connectivity index (χ1n) is 10.3. The van der Waals surface area contributed by atoms with Gasteiger partial charge in [0.2, 0.25) is 5.91 Å². The molecular weight excluding hydrogens is 382 g/mol. The molecule has 0 bridgehead atoms. The fourth-order valence-corrected chi connectivity index (χ4v) is 2.52. The molecule has 0 spiro atoms. The summed E-state index contributed by atoms with van der Waals surface area (Å²) in [5, 5.41) is 12.1. The Morgan fingerprint density at radius 1 is 1.03 bits per heavy atom. The Bertz CT molecular complexity index is 721. The van der Waals surface area contributed by atoms with E-state index in [1.807, 2.05) is 65.8 Å². The van der Waals surface area contributed by atoms with Crippen LogP contribution in [0.3, 0.4) is 0 Å². The zero-order valence-electron chi connectivity index (χ0n) is 19.3. The standard InChI is InChI=1S/C22H37N5O3/c1-8-23-19(25-15-22(6,7)27-20(29)30-21(3,4)5)24-14-13-17-9-11-18(12-10-17)26-16(2)28/h9-12H,8,13-15H2,1-7H3,(H,26,28)(H,27,29)(H2,23,24,25). The number of rotatable bonds is 8. The Morgan fingerprint density at radius 3 is 2.20 bits per heavy atom. The molecule has 0 aliphatic rings. The van der Waals surface area contributed by atoms with E-state index in [2.05, 4.69) is 26.3 Å². The van der Waals surface area contributed by atoms with Crippen LogP contribution in [0.25, 0.3) is 0 Å². The summed E-state index contributed by atoms with van der Waals surface area (Å²) in [5.74, 6) is 0.603. The van der Waals surface area contributed by atoms with Crippen LogP contribution in [0.1, 0.15) is 54.0 Å². The van der Waals surface area contributed by atoms with Crippen molar-refractivity contribution in [2.45, 2.75) is 66.0 Å². The highest BCUT2D eigenvalue weighted by Gasteiger charge is 2.24. The molecule has 1 aromatic rings. The van der Waals surface area contributed by atoms with Crippen LogP contribution in [0.4, 0.5) is 10.5 Å². The Labute approximate surface area is 180 Å². The van der Waals surface area contributed by atoms with Crippen molar-refractivity contribution in [2.75, 3.05) is 25.0 Å². The van der Waals surface area contributed by atoms with Gasteiger partial charge < -0.3 is 26.0 Å². The maximum atomic E-state index is 12.0. The van der Waals surface area contributed by atoms with Gasteiger partial charge >= 0.3 is 6.09 Å². The topological polar surface area (TPSA) is 104 Å². The van der Waals surface area contributed by atoms with E-state index in [4.69, 9.17) is 4.74 Å². The molecular formula is C22H37N5O3. The van der Waals surface area contributed by atoms with Crippen molar-refractivity contribution in [1.82, 2.24) is 16.0 Å². The van der Waals surface area contributed by atoms with Gasteiger partial charge in [-0.1, -0.05) is 12.1 Å². The normalized spacial score (nSPS) is 12.2. The van der Waals surface area contributed by atoms with Crippen LogP contribution in [0.5, 0.6) is 0 Å². The highest BCUT2D eigenvalue weighted by Crippen LogP contribution is 2.11. The molecule has 0 aromatic heterocycles. The second-order valence-electron chi connectivity index (χ2n) is 8.76. The Balaban J connectivity index is 2.56. The van der Waals surface area contributed by atoms with Crippen LogP contribution >= 0.6 is 0 Å². The molecule has 0 radical (unpaired) electrons. The third-order valence-corrected chi connectivity index (χ3v) is 3.80. The quantitative estimate of drug-likeness (QED) is 0.383. The van der Waals surface area contributed by atoms with Gasteiger partial charge in [0.1, 0.15) is 5.60 Å². The molecule has 0 atom stereocenters. The molecule has 1 aromatic carbocycles. The number of alkyl carbamates (subject to hydrolysis) is 1. The summed E-state index contributed by atoms with van der Waals surface area (Å²) in [5.41, 5.74) is 0.845. The molecule has 0 unspecified atom stereocenters. The zero-order chi connectivity index (χ0) is 22.8. The second-order valence-corrected chi connectivity index (χ2v) is 8.76. The van der Waals surface area contributed by atoms with Crippen molar-refractivity contribution in [3.05, 3.63) is 29.8 Å². The number of guanidine groups is 1. The van der Waals surface area contributed by atoms with E-state index < -0.39 is 17.2 Å². The van der Waals surface area contributed by atoms with E-state index in [9.17, 15) is 9.59 Å². The van der Waals surface area contributed by atoms with Gasteiger partial charge in [-0.2, -0.15) is 0 Å². The molecule has 8 nitrogen and oxygen atoms in total. The summed E-state index contributed by atoms with van der Waals surface area (Å²) in [6.07, 6.45) is 0.355. The largest absolute Gasteiger partial charge is 0.444 e. The second kappa shape index (κ2) is 11.4. The number of aliphatic imine (C=N–C) groups is 1. The summed E-state index contributed by atoms with van der Waals surface area (Å²) >= 11 is 0. The number of benzene rings is 1. The Kier molecular flexibility index (Phi) is 9.62. The number of hydrogen-bond donors (Lipinski definition) is 4. The lowest BCUT2D eigenvalue weighted by Gasteiger charge is -2.27. The number of carbonyl (C=O) groups is 2. The number of carbonyl (C=O) groups excluding carboxylic acids is 2. The van der Waals surface area contributed by atoms with Gasteiger partial charge in [-0.05, 0) is 65.7 Å². The Hall–Kier alpha value is -2.77. The lowest BCUT2D eigenvalue weighted by Crippen LogP contribution is -2.49.